The van der Waals surface area contributed by atoms with Crippen LogP contribution in [0, 0.1) is 5.82 Å². The van der Waals surface area contributed by atoms with Crippen molar-refractivity contribution >= 4 is 40.9 Å². The molecule has 126 valence electrons. The molecule has 1 heterocycles. The van der Waals surface area contributed by atoms with Gasteiger partial charge in [-0.05, 0) is 30.5 Å². The summed E-state index contributed by atoms with van der Waals surface area (Å²) in [6.07, 6.45) is 3.20. The second-order valence-corrected chi connectivity index (χ2v) is 5.79. The molecule has 0 fully saturated rings. The van der Waals surface area contributed by atoms with E-state index in [1.165, 1.54) is 42.2 Å². The molecular weight excluding hydrogens is 355 g/mol. The van der Waals surface area contributed by atoms with E-state index in [0.717, 1.165) is 0 Å². The molecule has 2 amide bonds. The van der Waals surface area contributed by atoms with Crippen molar-refractivity contribution in [1.29, 1.82) is 0 Å². The van der Waals surface area contributed by atoms with Crippen molar-refractivity contribution in [2.45, 2.75) is 11.6 Å². The van der Waals surface area contributed by atoms with Gasteiger partial charge in [0, 0.05) is 18.7 Å². The predicted molar refractivity (Wildman–Crippen MR) is 90.8 cm³/mol. The second-order valence-electron chi connectivity index (χ2n) is 4.61. The van der Waals surface area contributed by atoms with Crippen molar-refractivity contribution < 1.29 is 14.0 Å². The molecule has 0 radical (unpaired) electrons. The summed E-state index contributed by atoms with van der Waals surface area (Å²) in [5.74, 6) is -1.17. The van der Waals surface area contributed by atoms with Gasteiger partial charge in [-0.3, -0.25) is 9.59 Å². The number of nitrogens with one attached hydrogen (secondary N) is 2. The van der Waals surface area contributed by atoms with E-state index >= 15 is 0 Å². The first kappa shape index (κ1) is 18.2. The van der Waals surface area contributed by atoms with E-state index in [1.54, 1.807) is 6.26 Å². The van der Waals surface area contributed by atoms with Crippen LogP contribution in [-0.2, 0) is 4.79 Å². The predicted octanol–water partition coefficient (Wildman–Crippen LogP) is 2.75. The summed E-state index contributed by atoms with van der Waals surface area (Å²) in [6.45, 7) is 0.112. The lowest BCUT2D eigenvalue weighted by atomic mass is 10.3. The van der Waals surface area contributed by atoms with Crippen LogP contribution < -0.4 is 10.6 Å². The van der Waals surface area contributed by atoms with Crippen LogP contribution >= 0.6 is 23.4 Å². The zero-order valence-corrected chi connectivity index (χ0v) is 14.2. The van der Waals surface area contributed by atoms with Gasteiger partial charge in [0.15, 0.2) is 10.9 Å². The summed E-state index contributed by atoms with van der Waals surface area (Å²) in [4.78, 5) is 31.8. The number of halogens is 2. The van der Waals surface area contributed by atoms with Gasteiger partial charge in [0.2, 0.25) is 5.91 Å². The Kier molecular flexibility index (Phi) is 6.51. The van der Waals surface area contributed by atoms with Gasteiger partial charge < -0.3 is 10.6 Å². The minimum atomic E-state index is -0.479. The summed E-state index contributed by atoms with van der Waals surface area (Å²) in [5, 5.41) is 5.74. The van der Waals surface area contributed by atoms with E-state index < -0.39 is 5.91 Å². The van der Waals surface area contributed by atoms with Crippen molar-refractivity contribution in [3.8, 4) is 0 Å². The number of benzene rings is 1. The molecule has 1 aromatic heterocycles. The molecule has 0 aliphatic heterocycles. The molecule has 2 aromatic rings. The van der Waals surface area contributed by atoms with Crippen LogP contribution in [0.4, 0.5) is 10.1 Å². The molecule has 0 bridgehead atoms. The molecule has 0 saturated heterocycles. The molecule has 1 aromatic carbocycles. The van der Waals surface area contributed by atoms with Crippen molar-refractivity contribution in [1.82, 2.24) is 15.3 Å². The number of carbonyl (C=O) groups is 2. The maximum absolute atomic E-state index is 12.8. The van der Waals surface area contributed by atoms with Gasteiger partial charge in [0.1, 0.15) is 5.82 Å². The average molecular weight is 369 g/mol. The number of nitrogens with zero attached hydrogens (tertiary/aromatic N) is 2. The molecule has 0 atom stereocenters. The lowest BCUT2D eigenvalue weighted by Gasteiger charge is -2.08. The SMILES string of the molecule is CSc1ncc(Cl)c(C(=O)NCCC(=O)Nc2ccc(F)cc2)n1. The van der Waals surface area contributed by atoms with E-state index in [-0.39, 0.29) is 35.4 Å². The lowest BCUT2D eigenvalue weighted by molar-refractivity contribution is -0.116. The summed E-state index contributed by atoms with van der Waals surface area (Å²) >= 11 is 7.19. The highest BCUT2D eigenvalue weighted by atomic mass is 35.5. The fourth-order valence-electron chi connectivity index (χ4n) is 1.74. The van der Waals surface area contributed by atoms with Gasteiger partial charge in [-0.1, -0.05) is 23.4 Å². The van der Waals surface area contributed by atoms with Gasteiger partial charge in [0.25, 0.3) is 5.91 Å². The highest BCUT2D eigenvalue weighted by Gasteiger charge is 2.14. The Morgan fingerprint density at radius 3 is 2.67 bits per heavy atom. The van der Waals surface area contributed by atoms with Gasteiger partial charge >= 0.3 is 0 Å². The van der Waals surface area contributed by atoms with Crippen molar-refractivity contribution in [2.24, 2.45) is 0 Å². The maximum atomic E-state index is 12.8. The van der Waals surface area contributed by atoms with Gasteiger partial charge in [-0.15, -0.1) is 0 Å². The molecule has 0 spiro atoms. The average Bonchev–Trinajstić information content (AvgIpc) is 2.57. The minimum absolute atomic E-state index is 0.0567. The molecule has 24 heavy (non-hydrogen) atoms. The highest BCUT2D eigenvalue weighted by molar-refractivity contribution is 7.98. The Labute approximate surface area is 147 Å². The summed E-state index contributed by atoms with van der Waals surface area (Å²) in [5.41, 5.74) is 0.547. The molecule has 6 nitrogen and oxygen atoms in total. The monoisotopic (exact) mass is 368 g/mol. The Morgan fingerprint density at radius 1 is 1.29 bits per heavy atom. The summed E-state index contributed by atoms with van der Waals surface area (Å²) in [7, 11) is 0. The van der Waals surface area contributed by atoms with Crippen LogP contribution in [0.1, 0.15) is 16.9 Å². The molecule has 0 unspecified atom stereocenters. The topological polar surface area (TPSA) is 84.0 Å². The Morgan fingerprint density at radius 2 is 2.00 bits per heavy atom. The highest BCUT2D eigenvalue weighted by Crippen LogP contribution is 2.16. The van der Waals surface area contributed by atoms with E-state index in [0.29, 0.717) is 10.8 Å². The molecule has 9 heteroatoms. The summed E-state index contributed by atoms with van der Waals surface area (Å²) in [6, 6.07) is 5.41. The maximum Gasteiger partial charge on any atom is 0.271 e. The van der Waals surface area contributed by atoms with Crippen LogP contribution in [0.15, 0.2) is 35.6 Å². The van der Waals surface area contributed by atoms with Crippen LogP contribution in [0.2, 0.25) is 5.02 Å². The van der Waals surface area contributed by atoms with Crippen LogP contribution in [-0.4, -0.2) is 34.6 Å². The quantitative estimate of drug-likeness (QED) is 0.605. The van der Waals surface area contributed by atoms with Crippen LogP contribution in [0.5, 0.6) is 0 Å². The van der Waals surface area contributed by atoms with E-state index in [4.69, 9.17) is 11.6 Å². The fourth-order valence-corrected chi connectivity index (χ4v) is 2.26. The third-order valence-electron chi connectivity index (χ3n) is 2.89. The molecular formula is C15H14ClFN4O2S. The summed E-state index contributed by atoms with van der Waals surface area (Å²) < 4.78 is 12.8. The van der Waals surface area contributed by atoms with Crippen molar-refractivity contribution in [3.63, 3.8) is 0 Å². The molecule has 2 N–H and O–H groups in total. The first-order valence-electron chi connectivity index (χ1n) is 6.89. The first-order chi connectivity index (χ1) is 11.5. The standard InChI is InChI=1S/C15H14ClFN4O2S/c1-24-15-19-8-11(16)13(21-15)14(23)18-7-6-12(22)20-10-4-2-9(17)3-5-10/h2-5,8H,6-7H2,1H3,(H,18,23)(H,20,22). The van der Waals surface area contributed by atoms with E-state index in [9.17, 15) is 14.0 Å². The number of carbonyl (C=O) groups excluding carboxylic acids is 2. The van der Waals surface area contributed by atoms with Crippen molar-refractivity contribution in [3.05, 3.63) is 47.0 Å². The van der Waals surface area contributed by atoms with Gasteiger partial charge in [-0.25, -0.2) is 14.4 Å². The Balaban J connectivity index is 1.84. The third-order valence-corrected chi connectivity index (χ3v) is 3.72. The number of hydrogen-bond acceptors (Lipinski definition) is 5. The largest absolute Gasteiger partial charge is 0.350 e. The lowest BCUT2D eigenvalue weighted by Crippen LogP contribution is -2.28. The number of aromatic nitrogens is 2. The van der Waals surface area contributed by atoms with Gasteiger partial charge in [0.05, 0.1) is 11.2 Å². The van der Waals surface area contributed by atoms with Crippen molar-refractivity contribution in [2.75, 3.05) is 18.1 Å². The number of amides is 2. The molecule has 0 aliphatic rings. The van der Waals surface area contributed by atoms with Gasteiger partial charge in [-0.2, -0.15) is 0 Å². The molecule has 0 aliphatic carbocycles. The molecule has 2 rings (SSSR count). The second kappa shape index (κ2) is 8.60. The Hall–Kier alpha value is -2.19. The zero-order valence-electron chi connectivity index (χ0n) is 12.7. The first-order valence-corrected chi connectivity index (χ1v) is 8.50. The third kappa shape index (κ3) is 5.17. The smallest absolute Gasteiger partial charge is 0.271 e. The minimum Gasteiger partial charge on any atom is -0.350 e. The van der Waals surface area contributed by atoms with Crippen LogP contribution in [0.25, 0.3) is 0 Å². The zero-order chi connectivity index (χ0) is 17.5. The van der Waals surface area contributed by atoms with E-state index in [2.05, 4.69) is 20.6 Å². The van der Waals surface area contributed by atoms with Crippen LogP contribution in [0.3, 0.4) is 0 Å². The van der Waals surface area contributed by atoms with E-state index in [1.807, 2.05) is 0 Å². The number of thioether (sulfide) groups is 1. The number of rotatable bonds is 6. The normalized spacial score (nSPS) is 10.3. The number of anilines is 1. The molecule has 0 saturated carbocycles. The number of hydrogen-bond donors (Lipinski definition) is 2. The fraction of sp³-hybridized carbons (Fsp3) is 0.200. The Bertz CT molecular complexity index is 743.